The van der Waals surface area contributed by atoms with Crippen LogP contribution >= 0.6 is 0 Å². The predicted molar refractivity (Wildman–Crippen MR) is 86.6 cm³/mol. The zero-order valence-corrected chi connectivity index (χ0v) is 12.7. The van der Waals surface area contributed by atoms with E-state index in [-0.39, 0.29) is 0 Å². The molecule has 3 rings (SSSR count). The first-order valence-electron chi connectivity index (χ1n) is 7.35. The van der Waals surface area contributed by atoms with E-state index in [1.807, 2.05) is 25.1 Å². The van der Waals surface area contributed by atoms with E-state index in [9.17, 15) is 0 Å². The number of nitrogens with one attached hydrogen (secondary N) is 1. The molecule has 0 saturated carbocycles. The summed E-state index contributed by atoms with van der Waals surface area (Å²) in [5.41, 5.74) is 6.76. The van der Waals surface area contributed by atoms with Crippen molar-refractivity contribution in [3.05, 3.63) is 59.0 Å². The van der Waals surface area contributed by atoms with Gasteiger partial charge in [-0.05, 0) is 43.2 Å². The lowest BCUT2D eigenvalue weighted by Gasteiger charge is -2.09. The number of benzene rings is 2. The van der Waals surface area contributed by atoms with Gasteiger partial charge in [0.1, 0.15) is 5.52 Å². The van der Waals surface area contributed by atoms with Crippen LogP contribution in [0.1, 0.15) is 29.5 Å². The van der Waals surface area contributed by atoms with Crippen molar-refractivity contribution >= 4 is 16.8 Å². The summed E-state index contributed by atoms with van der Waals surface area (Å²) < 4.78 is 5.63. The van der Waals surface area contributed by atoms with E-state index in [4.69, 9.17) is 4.42 Å². The van der Waals surface area contributed by atoms with Gasteiger partial charge in [-0.2, -0.15) is 0 Å². The van der Waals surface area contributed by atoms with Crippen molar-refractivity contribution in [3.63, 3.8) is 0 Å². The number of anilines is 1. The van der Waals surface area contributed by atoms with Gasteiger partial charge in [0.05, 0.1) is 0 Å². The Kier molecular flexibility index (Phi) is 3.65. The average molecular weight is 280 g/mol. The summed E-state index contributed by atoms with van der Waals surface area (Å²) in [6.07, 6.45) is 0.819. The first-order valence-corrected chi connectivity index (χ1v) is 7.35. The largest absolute Gasteiger partial charge is 0.441 e. The quantitative estimate of drug-likeness (QED) is 0.757. The molecular weight excluding hydrogens is 260 g/mol. The number of aromatic nitrogens is 1. The van der Waals surface area contributed by atoms with Crippen molar-refractivity contribution in [3.8, 4) is 0 Å². The third-order valence-corrected chi connectivity index (χ3v) is 3.72. The molecule has 0 aliphatic carbocycles. The minimum atomic E-state index is 0.788. The van der Waals surface area contributed by atoms with Crippen LogP contribution in [-0.2, 0) is 13.0 Å². The molecule has 0 fully saturated rings. The fraction of sp³-hybridized carbons (Fsp3) is 0.278. The number of oxazole rings is 1. The van der Waals surface area contributed by atoms with E-state index < -0.39 is 0 Å². The molecule has 0 radical (unpaired) electrons. The number of rotatable bonds is 4. The third kappa shape index (κ3) is 2.92. The Morgan fingerprint density at radius 3 is 2.71 bits per heavy atom. The summed E-state index contributed by atoms with van der Waals surface area (Å²) in [7, 11) is 0. The summed E-state index contributed by atoms with van der Waals surface area (Å²) in [5.74, 6) is 0.788. The molecule has 0 bridgehead atoms. The number of hydrogen-bond acceptors (Lipinski definition) is 3. The Hall–Kier alpha value is -2.29. The fourth-order valence-corrected chi connectivity index (χ4v) is 2.48. The van der Waals surface area contributed by atoms with Crippen LogP contribution in [-0.4, -0.2) is 4.98 Å². The second-order valence-corrected chi connectivity index (χ2v) is 5.43. The SMILES string of the molecule is CCc1nc2cc(NCc3ccc(C)cc3C)ccc2o1. The van der Waals surface area contributed by atoms with E-state index in [1.165, 1.54) is 16.7 Å². The first-order chi connectivity index (χ1) is 10.2. The molecule has 3 nitrogen and oxygen atoms in total. The summed E-state index contributed by atoms with van der Waals surface area (Å²) in [6.45, 7) is 7.13. The highest BCUT2D eigenvalue weighted by atomic mass is 16.3. The molecular formula is C18H20N2O. The molecule has 0 atom stereocenters. The lowest BCUT2D eigenvalue weighted by Crippen LogP contribution is -2.01. The van der Waals surface area contributed by atoms with Gasteiger partial charge in [0.25, 0.3) is 0 Å². The van der Waals surface area contributed by atoms with Crippen LogP contribution in [0.2, 0.25) is 0 Å². The summed E-state index contributed by atoms with van der Waals surface area (Å²) >= 11 is 0. The Bertz CT molecular complexity index is 774. The van der Waals surface area contributed by atoms with Crippen LogP contribution in [0.4, 0.5) is 5.69 Å². The van der Waals surface area contributed by atoms with Gasteiger partial charge in [0.15, 0.2) is 11.5 Å². The van der Waals surface area contributed by atoms with Gasteiger partial charge in [-0.15, -0.1) is 0 Å². The van der Waals surface area contributed by atoms with Gasteiger partial charge in [-0.1, -0.05) is 30.7 Å². The maximum Gasteiger partial charge on any atom is 0.195 e. The second-order valence-electron chi connectivity index (χ2n) is 5.43. The van der Waals surface area contributed by atoms with Gasteiger partial charge in [-0.3, -0.25) is 0 Å². The molecule has 0 unspecified atom stereocenters. The first kappa shape index (κ1) is 13.7. The zero-order chi connectivity index (χ0) is 14.8. The Morgan fingerprint density at radius 2 is 1.95 bits per heavy atom. The topological polar surface area (TPSA) is 38.1 Å². The Labute approximate surface area is 125 Å². The van der Waals surface area contributed by atoms with Gasteiger partial charge >= 0.3 is 0 Å². The number of aryl methyl sites for hydroxylation is 3. The number of nitrogens with zero attached hydrogens (tertiary/aromatic N) is 1. The van der Waals surface area contributed by atoms with Crippen LogP contribution in [0.25, 0.3) is 11.1 Å². The van der Waals surface area contributed by atoms with Crippen molar-refractivity contribution in [2.45, 2.75) is 33.7 Å². The standard InChI is InChI=1S/C18H20N2O/c1-4-18-20-16-10-15(7-8-17(16)21-18)19-11-14-6-5-12(2)9-13(14)3/h5-10,19H,4,11H2,1-3H3. The van der Waals surface area contributed by atoms with Crippen molar-refractivity contribution in [2.24, 2.45) is 0 Å². The summed E-state index contributed by atoms with van der Waals surface area (Å²) in [6, 6.07) is 12.6. The van der Waals surface area contributed by atoms with Gasteiger partial charge in [0.2, 0.25) is 0 Å². The zero-order valence-electron chi connectivity index (χ0n) is 12.7. The molecule has 2 aromatic carbocycles. The number of fused-ring (bicyclic) bond motifs is 1. The van der Waals surface area contributed by atoms with Crippen LogP contribution in [0.15, 0.2) is 40.8 Å². The third-order valence-electron chi connectivity index (χ3n) is 3.72. The molecule has 1 aromatic heterocycles. The van der Waals surface area contributed by atoms with Gasteiger partial charge in [-0.25, -0.2) is 4.98 Å². The van der Waals surface area contributed by atoms with Crippen molar-refractivity contribution < 1.29 is 4.42 Å². The molecule has 0 amide bonds. The summed E-state index contributed by atoms with van der Waals surface area (Å²) in [4.78, 5) is 4.47. The highest BCUT2D eigenvalue weighted by Gasteiger charge is 2.05. The average Bonchev–Trinajstić information content (AvgIpc) is 2.88. The van der Waals surface area contributed by atoms with Crippen LogP contribution in [0.5, 0.6) is 0 Å². The minimum Gasteiger partial charge on any atom is -0.441 e. The highest BCUT2D eigenvalue weighted by molar-refractivity contribution is 5.77. The van der Waals surface area contributed by atoms with Gasteiger partial charge in [0, 0.05) is 18.7 Å². The molecule has 21 heavy (non-hydrogen) atoms. The predicted octanol–water partition coefficient (Wildman–Crippen LogP) is 4.62. The minimum absolute atomic E-state index is 0.788. The van der Waals surface area contributed by atoms with Crippen LogP contribution in [0.3, 0.4) is 0 Å². The molecule has 3 heteroatoms. The lowest BCUT2D eigenvalue weighted by atomic mass is 10.1. The lowest BCUT2D eigenvalue weighted by molar-refractivity contribution is 0.538. The smallest absolute Gasteiger partial charge is 0.195 e. The highest BCUT2D eigenvalue weighted by Crippen LogP contribution is 2.21. The van der Waals surface area contributed by atoms with E-state index >= 15 is 0 Å². The van der Waals surface area contributed by atoms with Crippen LogP contribution < -0.4 is 5.32 Å². The molecule has 0 aliphatic rings. The van der Waals surface area contributed by atoms with E-state index in [2.05, 4.69) is 42.3 Å². The second kappa shape index (κ2) is 5.60. The molecule has 0 aliphatic heterocycles. The Morgan fingerprint density at radius 1 is 1.10 bits per heavy atom. The molecule has 0 saturated heterocycles. The fourth-order valence-electron chi connectivity index (χ4n) is 2.48. The number of hydrogen-bond donors (Lipinski definition) is 1. The molecule has 0 spiro atoms. The molecule has 1 N–H and O–H groups in total. The normalized spacial score (nSPS) is 11.0. The van der Waals surface area contributed by atoms with E-state index in [0.29, 0.717) is 0 Å². The molecule has 3 aromatic rings. The van der Waals surface area contributed by atoms with Crippen molar-refractivity contribution in [1.29, 1.82) is 0 Å². The van der Waals surface area contributed by atoms with E-state index in [0.717, 1.165) is 35.6 Å². The van der Waals surface area contributed by atoms with Crippen LogP contribution in [0, 0.1) is 13.8 Å². The Balaban J connectivity index is 1.78. The van der Waals surface area contributed by atoms with Crippen molar-refractivity contribution in [2.75, 3.05) is 5.32 Å². The maximum atomic E-state index is 5.63. The molecule has 108 valence electrons. The monoisotopic (exact) mass is 280 g/mol. The van der Waals surface area contributed by atoms with Gasteiger partial charge < -0.3 is 9.73 Å². The van der Waals surface area contributed by atoms with Crippen molar-refractivity contribution in [1.82, 2.24) is 4.98 Å². The maximum absolute atomic E-state index is 5.63. The van der Waals surface area contributed by atoms with E-state index in [1.54, 1.807) is 0 Å². The summed E-state index contributed by atoms with van der Waals surface area (Å²) in [5, 5.41) is 3.46. The molecule has 1 heterocycles.